The number of rotatable bonds is 17. The van der Waals surface area contributed by atoms with Crippen LogP contribution in [0, 0.1) is 11.8 Å². The van der Waals surface area contributed by atoms with E-state index >= 15 is 0 Å². The second-order valence-electron chi connectivity index (χ2n) is 15.1. The lowest BCUT2D eigenvalue weighted by atomic mass is 9.83. The van der Waals surface area contributed by atoms with Gasteiger partial charge >= 0.3 is 0 Å². The summed E-state index contributed by atoms with van der Waals surface area (Å²) < 4.78 is 13.7. The van der Waals surface area contributed by atoms with Gasteiger partial charge in [-0.2, -0.15) is 0 Å². The number of ether oxygens (including phenoxy) is 2. The van der Waals surface area contributed by atoms with Crippen LogP contribution in [0.2, 0.25) is 0 Å². The highest BCUT2D eigenvalue weighted by Gasteiger charge is 2.36. The van der Waals surface area contributed by atoms with Crippen molar-refractivity contribution in [1.82, 2.24) is 0 Å². The minimum Gasteiger partial charge on any atom is -1.00 e. The normalized spacial score (nSPS) is 20.0. The molecule has 274 valence electrons. The maximum absolute atomic E-state index is 12.0. The topological polar surface area (TPSA) is 58.9 Å². The van der Waals surface area contributed by atoms with Gasteiger partial charge in [0.25, 0.3) is 0 Å². The summed E-state index contributed by atoms with van der Waals surface area (Å²) in [4.78, 5) is 0. The fraction of sp³-hybridized carbons (Fsp3) is 0.700. The molecular weight excluding hydrogens is 826 g/mol. The molecule has 0 radical (unpaired) electrons. The molecule has 4 unspecified atom stereocenters. The summed E-state index contributed by atoms with van der Waals surface area (Å²) in [5.41, 5.74) is 1.95. The molecule has 2 saturated heterocycles. The smallest absolute Gasteiger partial charge is 0.119 e. The largest absolute Gasteiger partial charge is 1.00 e. The molecule has 2 N–H and O–H groups in total. The fourth-order valence-electron chi connectivity index (χ4n) is 8.04. The Kier molecular flexibility index (Phi) is 20.2. The molecule has 0 spiro atoms. The summed E-state index contributed by atoms with van der Waals surface area (Å²) in [6, 6.07) is 16.3. The van der Waals surface area contributed by atoms with E-state index in [0.29, 0.717) is 13.2 Å². The Morgan fingerprint density at radius 2 is 0.854 bits per heavy atom. The number of nitrogens with zero attached hydrogens (tertiary/aromatic N) is 2. The molecule has 2 aromatic rings. The van der Waals surface area contributed by atoms with Gasteiger partial charge in [0, 0.05) is 11.8 Å². The first-order valence-corrected chi connectivity index (χ1v) is 18.7. The third kappa shape index (κ3) is 13.8. The highest BCUT2D eigenvalue weighted by molar-refractivity contribution is 5.30. The molecule has 8 heteroatoms. The zero-order valence-corrected chi connectivity index (χ0v) is 34.7. The second kappa shape index (κ2) is 22.3. The number of benzene rings is 2. The minimum atomic E-state index is -0.547. The third-order valence-electron chi connectivity index (χ3n) is 10.8. The molecule has 48 heavy (non-hydrogen) atoms. The summed E-state index contributed by atoms with van der Waals surface area (Å²) in [5.74, 6) is 1.95. The average molecular weight is 893 g/mol. The van der Waals surface area contributed by atoms with Crippen LogP contribution >= 0.6 is 0 Å². The number of aliphatic hydroxyl groups is 2. The van der Waals surface area contributed by atoms with Gasteiger partial charge in [0.15, 0.2) is 0 Å². The lowest BCUT2D eigenvalue weighted by molar-refractivity contribution is -0.913. The fourth-order valence-corrected chi connectivity index (χ4v) is 8.04. The number of halogens is 2. The zero-order valence-electron chi connectivity index (χ0n) is 30.4. The van der Waals surface area contributed by atoms with E-state index in [0.717, 1.165) is 70.4 Å². The monoisotopic (exact) mass is 892 g/mol. The molecule has 0 aromatic heterocycles. The van der Waals surface area contributed by atoms with Crippen LogP contribution in [0.25, 0.3) is 0 Å². The molecule has 0 amide bonds. The highest BCUT2D eigenvalue weighted by Crippen LogP contribution is 2.36. The molecule has 0 bridgehead atoms. The molecule has 4 atom stereocenters. The first-order valence-electron chi connectivity index (χ1n) is 18.7. The standard InChI is InChI=1S/C40H66N2O4.2HI/c1-5-29-45-37-21-17-33(18-22-37)39(43)35(31-41(3)25-11-7-8-12-26-41)15-16-36(32-42(4)27-13-9-10-14-28-42)40(44)34-19-23-38(24-20-34)46-30-6-2;;/h17-24,35-36,39-40,43-44H,5-16,25-32H2,1-4H3;2*1H/q+2;;/p-2. The van der Waals surface area contributed by atoms with Gasteiger partial charge in [-0.3, -0.25) is 0 Å². The molecule has 2 aliphatic rings. The van der Waals surface area contributed by atoms with Crippen LogP contribution in [-0.4, -0.2) is 85.8 Å². The highest BCUT2D eigenvalue weighted by atomic mass is 127. The predicted octanol–water partition coefficient (Wildman–Crippen LogP) is 2.09. The van der Waals surface area contributed by atoms with Crippen molar-refractivity contribution in [1.29, 1.82) is 0 Å². The van der Waals surface area contributed by atoms with Gasteiger partial charge in [0.05, 0.1) is 78.8 Å². The Balaban J connectivity index is 0.00000400. The third-order valence-corrected chi connectivity index (χ3v) is 10.8. The Hall–Kier alpha value is -0.660. The second-order valence-corrected chi connectivity index (χ2v) is 15.1. The molecular formula is C40H66I2N2O4. The van der Waals surface area contributed by atoms with Crippen molar-refractivity contribution in [3.63, 3.8) is 0 Å². The molecule has 2 heterocycles. The van der Waals surface area contributed by atoms with Crippen LogP contribution in [0.15, 0.2) is 48.5 Å². The molecule has 0 aliphatic carbocycles. The van der Waals surface area contributed by atoms with Gasteiger partial charge in [-0.1, -0.05) is 38.1 Å². The molecule has 6 nitrogen and oxygen atoms in total. The van der Waals surface area contributed by atoms with Crippen LogP contribution in [-0.2, 0) is 0 Å². The summed E-state index contributed by atoms with van der Waals surface area (Å²) in [6.07, 6.45) is 12.9. The van der Waals surface area contributed by atoms with Crippen molar-refractivity contribution in [2.45, 2.75) is 103 Å². The van der Waals surface area contributed by atoms with Crippen LogP contribution in [0.3, 0.4) is 0 Å². The van der Waals surface area contributed by atoms with Crippen molar-refractivity contribution >= 4 is 0 Å². The quantitative estimate of drug-likeness (QED) is 0.189. The summed E-state index contributed by atoms with van der Waals surface area (Å²) >= 11 is 0. The van der Waals surface area contributed by atoms with Crippen LogP contribution in [0.1, 0.15) is 114 Å². The van der Waals surface area contributed by atoms with E-state index in [1.807, 2.05) is 24.3 Å². The summed E-state index contributed by atoms with van der Waals surface area (Å²) in [6.45, 7) is 12.3. The van der Waals surface area contributed by atoms with E-state index in [2.05, 4.69) is 52.2 Å². The van der Waals surface area contributed by atoms with Gasteiger partial charge in [0.1, 0.15) is 11.5 Å². The van der Waals surface area contributed by atoms with Crippen molar-refractivity contribution in [3.8, 4) is 11.5 Å². The van der Waals surface area contributed by atoms with E-state index in [1.165, 1.54) is 77.5 Å². The Morgan fingerprint density at radius 1 is 0.542 bits per heavy atom. The van der Waals surface area contributed by atoms with Crippen molar-refractivity contribution in [2.24, 2.45) is 11.8 Å². The van der Waals surface area contributed by atoms with E-state index < -0.39 is 12.2 Å². The van der Waals surface area contributed by atoms with E-state index in [4.69, 9.17) is 9.47 Å². The maximum Gasteiger partial charge on any atom is 0.119 e. The lowest BCUT2D eigenvalue weighted by Gasteiger charge is -2.40. The summed E-state index contributed by atoms with van der Waals surface area (Å²) in [5, 5.41) is 24.0. The van der Waals surface area contributed by atoms with E-state index in [1.54, 1.807) is 0 Å². The van der Waals surface area contributed by atoms with Crippen LogP contribution in [0.5, 0.6) is 11.5 Å². The van der Waals surface area contributed by atoms with Crippen LogP contribution < -0.4 is 57.4 Å². The number of likely N-dealkylation sites (tertiary alicyclic amines) is 2. The lowest BCUT2D eigenvalue weighted by Crippen LogP contribution is -3.00. The Labute approximate surface area is 327 Å². The molecule has 2 fully saturated rings. The maximum atomic E-state index is 12.0. The number of quaternary nitrogens is 2. The van der Waals surface area contributed by atoms with E-state index in [-0.39, 0.29) is 59.8 Å². The van der Waals surface area contributed by atoms with Crippen LogP contribution in [0.4, 0.5) is 0 Å². The number of aliphatic hydroxyl groups excluding tert-OH is 2. The van der Waals surface area contributed by atoms with Gasteiger partial charge in [-0.15, -0.1) is 0 Å². The van der Waals surface area contributed by atoms with E-state index in [9.17, 15) is 10.2 Å². The number of hydrogen-bond acceptors (Lipinski definition) is 4. The Bertz CT molecular complexity index is 1030. The average Bonchev–Trinajstić information content (AvgIpc) is 3.43. The minimum absolute atomic E-state index is 0. The first-order chi connectivity index (χ1) is 22.2. The van der Waals surface area contributed by atoms with Crippen molar-refractivity contribution < 1.29 is 76.6 Å². The molecule has 0 saturated carbocycles. The van der Waals surface area contributed by atoms with Crippen molar-refractivity contribution in [2.75, 3.05) is 66.6 Å². The predicted molar refractivity (Wildman–Crippen MR) is 189 cm³/mol. The zero-order chi connectivity index (χ0) is 32.8. The van der Waals surface area contributed by atoms with Gasteiger partial charge < -0.3 is 76.6 Å². The molecule has 2 aromatic carbocycles. The first kappa shape index (κ1) is 43.5. The van der Waals surface area contributed by atoms with Gasteiger partial charge in [0.2, 0.25) is 0 Å². The van der Waals surface area contributed by atoms with Gasteiger partial charge in [-0.25, -0.2) is 0 Å². The SMILES string of the molecule is CCCOc1ccc(C(O)C(CCC(C[N+]2(C)CCCCCC2)C(O)c2ccc(OCCC)cc2)C[N+]2(C)CCCCCC2)cc1.[I-].[I-]. The molecule has 4 rings (SSSR count). The van der Waals surface area contributed by atoms with Crippen molar-refractivity contribution in [3.05, 3.63) is 59.7 Å². The number of hydrogen-bond donors (Lipinski definition) is 2. The summed E-state index contributed by atoms with van der Waals surface area (Å²) in [7, 11) is 4.81. The van der Waals surface area contributed by atoms with Gasteiger partial charge in [-0.05, 0) is 112 Å². The Morgan fingerprint density at radius 3 is 1.15 bits per heavy atom. The molecule has 2 aliphatic heterocycles.